The normalized spacial score (nSPS) is 18.1. The maximum absolute atomic E-state index is 5.83. The lowest BCUT2D eigenvalue weighted by molar-refractivity contribution is 0.0706. The zero-order valence-electron chi connectivity index (χ0n) is 8.77. The van der Waals surface area contributed by atoms with Crippen LogP contribution >= 0.6 is 11.6 Å². The summed E-state index contributed by atoms with van der Waals surface area (Å²) in [4.78, 5) is 8.27. The van der Waals surface area contributed by atoms with Crippen LogP contribution in [0.4, 0.5) is 0 Å². The summed E-state index contributed by atoms with van der Waals surface area (Å²) in [6, 6.07) is 2.50. The highest BCUT2D eigenvalue weighted by molar-refractivity contribution is 6.28. The van der Waals surface area contributed by atoms with Gasteiger partial charge in [0, 0.05) is 37.0 Å². The average Bonchev–Trinajstić information content (AvgIpc) is 2.73. The molecule has 0 unspecified atom stereocenters. The fourth-order valence-corrected chi connectivity index (χ4v) is 2.30. The first kappa shape index (κ1) is 10.1. The predicted octanol–water partition coefficient (Wildman–Crippen LogP) is 2.44. The van der Waals surface area contributed by atoms with Gasteiger partial charge < -0.3 is 9.30 Å². The largest absolute Gasteiger partial charge is 0.381 e. The number of ether oxygens (including phenoxy) is 1. The summed E-state index contributed by atoms with van der Waals surface area (Å²) in [5.41, 5.74) is 0.923. The van der Waals surface area contributed by atoms with E-state index in [1.807, 2.05) is 6.07 Å². The highest BCUT2D eigenvalue weighted by Crippen LogP contribution is 2.25. The monoisotopic (exact) mass is 237 g/mol. The predicted molar refractivity (Wildman–Crippen MR) is 61.6 cm³/mol. The van der Waals surface area contributed by atoms with Gasteiger partial charge in [0.15, 0.2) is 0 Å². The molecule has 0 spiro atoms. The van der Waals surface area contributed by atoms with Crippen LogP contribution in [0.5, 0.6) is 0 Å². The summed E-state index contributed by atoms with van der Waals surface area (Å²) in [5.74, 6) is 0. The second kappa shape index (κ2) is 4.03. The maximum Gasteiger partial charge on any atom is 0.224 e. The Morgan fingerprint density at radius 3 is 3.00 bits per heavy atom. The fourth-order valence-electron chi connectivity index (χ4n) is 2.17. The summed E-state index contributed by atoms with van der Waals surface area (Å²) in [5, 5.41) is 1.34. The molecule has 3 rings (SSSR count). The van der Waals surface area contributed by atoms with Crippen LogP contribution in [0.3, 0.4) is 0 Å². The minimum Gasteiger partial charge on any atom is -0.381 e. The number of rotatable bonds is 1. The minimum absolute atomic E-state index is 0.305. The van der Waals surface area contributed by atoms with E-state index in [0.717, 1.165) is 37.1 Å². The van der Waals surface area contributed by atoms with Crippen molar-refractivity contribution in [3.63, 3.8) is 0 Å². The molecule has 0 radical (unpaired) electrons. The summed E-state index contributed by atoms with van der Waals surface area (Å²) in [6.45, 7) is 1.65. The number of hydrogen-bond acceptors (Lipinski definition) is 3. The van der Waals surface area contributed by atoms with Gasteiger partial charge in [0.2, 0.25) is 5.28 Å². The lowest BCUT2D eigenvalue weighted by Crippen LogP contribution is -2.19. The van der Waals surface area contributed by atoms with Crippen molar-refractivity contribution in [2.75, 3.05) is 13.2 Å². The molecule has 0 aliphatic carbocycles. The van der Waals surface area contributed by atoms with Gasteiger partial charge in [-0.15, -0.1) is 0 Å². The average molecular weight is 238 g/mol. The zero-order valence-corrected chi connectivity index (χ0v) is 9.52. The van der Waals surface area contributed by atoms with E-state index in [0.29, 0.717) is 11.3 Å². The van der Waals surface area contributed by atoms with Crippen LogP contribution < -0.4 is 0 Å². The summed E-state index contributed by atoms with van der Waals surface area (Å²) < 4.78 is 7.55. The third-order valence-corrected chi connectivity index (χ3v) is 3.19. The molecule has 1 saturated heterocycles. The Bertz CT molecular complexity index is 505. The lowest BCUT2D eigenvalue weighted by Gasteiger charge is -2.23. The maximum atomic E-state index is 5.83. The number of halogens is 1. The second-order valence-electron chi connectivity index (χ2n) is 3.98. The molecule has 0 amide bonds. The van der Waals surface area contributed by atoms with Crippen molar-refractivity contribution in [2.24, 2.45) is 0 Å². The van der Waals surface area contributed by atoms with Gasteiger partial charge in [-0.05, 0) is 30.5 Å². The standard InChI is InChI=1S/C11H12ClN3O/c12-11-13-7-8-1-4-15(10(8)14-11)9-2-5-16-6-3-9/h1,4,7,9H,2-3,5-6H2. The van der Waals surface area contributed by atoms with Crippen LogP contribution in [-0.4, -0.2) is 27.7 Å². The number of hydrogen-bond donors (Lipinski definition) is 0. The van der Waals surface area contributed by atoms with Crippen LogP contribution in [0.25, 0.3) is 11.0 Å². The third kappa shape index (κ3) is 1.68. The molecule has 1 aliphatic heterocycles. The molecular formula is C11H12ClN3O. The van der Waals surface area contributed by atoms with Gasteiger partial charge in [0.1, 0.15) is 5.65 Å². The summed E-state index contributed by atoms with van der Waals surface area (Å²) >= 11 is 5.83. The second-order valence-corrected chi connectivity index (χ2v) is 4.32. The topological polar surface area (TPSA) is 39.9 Å². The van der Waals surface area contributed by atoms with Crippen molar-refractivity contribution in [1.82, 2.24) is 14.5 Å². The van der Waals surface area contributed by atoms with Crippen molar-refractivity contribution in [2.45, 2.75) is 18.9 Å². The molecule has 3 heterocycles. The molecule has 0 aromatic carbocycles. The molecule has 5 heteroatoms. The van der Waals surface area contributed by atoms with E-state index in [2.05, 4.69) is 20.7 Å². The molecule has 2 aromatic heterocycles. The van der Waals surface area contributed by atoms with Crippen LogP contribution in [0.1, 0.15) is 18.9 Å². The third-order valence-electron chi connectivity index (χ3n) is 3.01. The highest BCUT2D eigenvalue weighted by atomic mass is 35.5. The molecule has 4 nitrogen and oxygen atoms in total. The Balaban J connectivity index is 2.05. The van der Waals surface area contributed by atoms with E-state index >= 15 is 0 Å². The summed E-state index contributed by atoms with van der Waals surface area (Å²) in [7, 11) is 0. The molecule has 0 bridgehead atoms. The Morgan fingerprint density at radius 2 is 2.19 bits per heavy atom. The lowest BCUT2D eigenvalue weighted by atomic mass is 10.1. The first-order valence-electron chi connectivity index (χ1n) is 5.41. The van der Waals surface area contributed by atoms with Crippen molar-refractivity contribution in [3.8, 4) is 0 Å². The molecule has 2 aromatic rings. The highest BCUT2D eigenvalue weighted by Gasteiger charge is 2.17. The number of nitrogens with zero attached hydrogens (tertiary/aromatic N) is 3. The first-order valence-corrected chi connectivity index (χ1v) is 5.79. The van der Waals surface area contributed by atoms with Gasteiger partial charge >= 0.3 is 0 Å². The molecule has 16 heavy (non-hydrogen) atoms. The van der Waals surface area contributed by atoms with Gasteiger partial charge in [-0.3, -0.25) is 0 Å². The Morgan fingerprint density at radius 1 is 1.38 bits per heavy atom. The van der Waals surface area contributed by atoms with Crippen molar-refractivity contribution in [3.05, 3.63) is 23.7 Å². The van der Waals surface area contributed by atoms with E-state index in [1.54, 1.807) is 6.20 Å². The van der Waals surface area contributed by atoms with E-state index in [-0.39, 0.29) is 0 Å². The van der Waals surface area contributed by atoms with Crippen LogP contribution in [0.2, 0.25) is 5.28 Å². The van der Waals surface area contributed by atoms with Crippen molar-refractivity contribution in [1.29, 1.82) is 0 Å². The molecule has 84 valence electrons. The van der Waals surface area contributed by atoms with Gasteiger partial charge in [-0.25, -0.2) is 4.98 Å². The van der Waals surface area contributed by atoms with Gasteiger partial charge in [0.25, 0.3) is 0 Å². The zero-order chi connectivity index (χ0) is 11.0. The SMILES string of the molecule is Clc1ncc2ccn(C3CCOCC3)c2n1. The Kier molecular flexibility index (Phi) is 2.53. The number of fused-ring (bicyclic) bond motifs is 1. The van der Waals surface area contributed by atoms with Gasteiger partial charge in [-0.2, -0.15) is 4.98 Å². The van der Waals surface area contributed by atoms with E-state index in [4.69, 9.17) is 16.3 Å². The Labute approximate surface area is 98.2 Å². The minimum atomic E-state index is 0.305. The van der Waals surface area contributed by atoms with Gasteiger partial charge in [-0.1, -0.05) is 0 Å². The number of aromatic nitrogens is 3. The molecular weight excluding hydrogens is 226 g/mol. The van der Waals surface area contributed by atoms with E-state index in [1.165, 1.54) is 0 Å². The molecule has 1 aliphatic rings. The van der Waals surface area contributed by atoms with Crippen molar-refractivity contribution < 1.29 is 4.74 Å². The molecule has 0 N–H and O–H groups in total. The summed E-state index contributed by atoms with van der Waals surface area (Å²) in [6.07, 6.45) is 5.89. The molecule has 1 fully saturated rings. The first-order chi connectivity index (χ1) is 7.84. The van der Waals surface area contributed by atoms with Crippen LogP contribution in [-0.2, 0) is 4.74 Å². The van der Waals surface area contributed by atoms with Crippen LogP contribution in [0, 0.1) is 0 Å². The quantitative estimate of drug-likeness (QED) is 0.716. The molecule has 0 saturated carbocycles. The van der Waals surface area contributed by atoms with E-state index in [9.17, 15) is 0 Å². The van der Waals surface area contributed by atoms with Gasteiger partial charge in [0.05, 0.1) is 0 Å². The Hall–Kier alpha value is -1.13. The molecule has 0 atom stereocenters. The smallest absolute Gasteiger partial charge is 0.224 e. The van der Waals surface area contributed by atoms with E-state index < -0.39 is 0 Å². The van der Waals surface area contributed by atoms with Crippen LogP contribution in [0.15, 0.2) is 18.5 Å². The van der Waals surface area contributed by atoms with Crippen molar-refractivity contribution >= 4 is 22.6 Å². The fraction of sp³-hybridized carbons (Fsp3) is 0.455.